The largest absolute Gasteiger partial charge is 0.497 e. The normalized spacial score (nSPS) is 31.0. The Hall–Kier alpha value is -3.95. The van der Waals surface area contributed by atoms with Gasteiger partial charge in [-0.2, -0.15) is 0 Å². The minimum atomic E-state index is -1.44. The Morgan fingerprint density at radius 2 is 1.76 bits per heavy atom. The number of anilines is 1. The smallest absolute Gasteiger partial charge is 0.313 e. The fourth-order valence-electron chi connectivity index (χ4n) is 7.19. The van der Waals surface area contributed by atoms with Crippen molar-refractivity contribution in [3.05, 3.63) is 84.5 Å². The van der Waals surface area contributed by atoms with Gasteiger partial charge in [0.1, 0.15) is 28.9 Å². The van der Waals surface area contributed by atoms with E-state index < -0.39 is 47.0 Å². The Kier molecular flexibility index (Phi) is 7.41. The zero-order chi connectivity index (χ0) is 29.5. The molecule has 4 aliphatic heterocycles. The first-order valence-corrected chi connectivity index (χ1v) is 14.5. The number of benzene rings is 2. The predicted molar refractivity (Wildman–Crippen MR) is 155 cm³/mol. The molecule has 2 saturated heterocycles. The number of carbonyl (C=O) groups is 3. The van der Waals surface area contributed by atoms with Gasteiger partial charge in [0, 0.05) is 12.2 Å². The lowest BCUT2D eigenvalue weighted by Crippen LogP contribution is -2.59. The molecular weight excluding hydrogens is 536 g/mol. The van der Waals surface area contributed by atoms with Gasteiger partial charge < -0.3 is 29.1 Å². The van der Waals surface area contributed by atoms with Crippen LogP contribution in [0.4, 0.5) is 5.69 Å². The van der Waals surface area contributed by atoms with Crippen LogP contribution in [0.1, 0.15) is 25.3 Å². The standard InChI is InChI=1S/C33H36N2O7/c1-3-32-16-7-8-19-41-31(39)27(32)26-29(37)35(24(21-36)20-22-10-5-4-6-11-22)28-30(38)34(18-9-17-33(26,28)42-32)23-12-14-25(40-2)15-13-23/h4-7,9-17,24,26-28,36H,3,8,18-21H2,1-2H3/t24-,26+,27-,28?,32+,33+/m1/s1. The van der Waals surface area contributed by atoms with Gasteiger partial charge in [-0.1, -0.05) is 61.6 Å². The third-order valence-electron chi connectivity index (χ3n) is 9.14. The van der Waals surface area contributed by atoms with E-state index in [1.807, 2.05) is 61.6 Å². The molecule has 2 aromatic carbocycles. The molecule has 0 aromatic heterocycles. The van der Waals surface area contributed by atoms with Crippen LogP contribution in [0.5, 0.6) is 5.75 Å². The van der Waals surface area contributed by atoms with E-state index in [1.165, 1.54) is 4.90 Å². The van der Waals surface area contributed by atoms with Crippen molar-refractivity contribution in [1.29, 1.82) is 0 Å². The van der Waals surface area contributed by atoms with Crippen molar-refractivity contribution in [1.82, 2.24) is 4.90 Å². The zero-order valence-corrected chi connectivity index (χ0v) is 23.8. The summed E-state index contributed by atoms with van der Waals surface area (Å²) in [6.45, 7) is 2.00. The van der Waals surface area contributed by atoms with Crippen LogP contribution in [0.2, 0.25) is 0 Å². The Morgan fingerprint density at radius 3 is 2.45 bits per heavy atom. The molecule has 1 spiro atoms. The van der Waals surface area contributed by atoms with E-state index in [9.17, 15) is 19.5 Å². The fourth-order valence-corrected chi connectivity index (χ4v) is 7.19. The summed E-state index contributed by atoms with van der Waals surface area (Å²) >= 11 is 0. The van der Waals surface area contributed by atoms with E-state index in [1.54, 1.807) is 36.3 Å². The van der Waals surface area contributed by atoms with Gasteiger partial charge in [0.2, 0.25) is 5.91 Å². The lowest BCUT2D eigenvalue weighted by molar-refractivity contribution is -0.161. The molecule has 1 N–H and O–H groups in total. The summed E-state index contributed by atoms with van der Waals surface area (Å²) in [5, 5.41) is 10.7. The predicted octanol–water partition coefficient (Wildman–Crippen LogP) is 3.07. The first kappa shape index (κ1) is 28.2. The third-order valence-corrected chi connectivity index (χ3v) is 9.14. The maximum Gasteiger partial charge on any atom is 0.313 e. The Labute approximate surface area is 245 Å². The van der Waals surface area contributed by atoms with E-state index in [2.05, 4.69) is 0 Å². The third kappa shape index (κ3) is 4.34. The highest BCUT2D eigenvalue weighted by molar-refractivity contribution is 6.05. The number of hydrogen-bond donors (Lipinski definition) is 1. The quantitative estimate of drug-likeness (QED) is 0.402. The minimum Gasteiger partial charge on any atom is -0.497 e. The number of carbonyl (C=O) groups excluding carboxylic acids is 3. The van der Waals surface area contributed by atoms with Crippen molar-refractivity contribution in [3.8, 4) is 5.75 Å². The lowest BCUT2D eigenvalue weighted by atomic mass is 9.73. The number of aliphatic hydroxyl groups is 1. The van der Waals surface area contributed by atoms with Gasteiger partial charge in [0.05, 0.1) is 32.3 Å². The topological polar surface area (TPSA) is 106 Å². The summed E-state index contributed by atoms with van der Waals surface area (Å²) < 4.78 is 17.9. The van der Waals surface area contributed by atoms with Gasteiger partial charge >= 0.3 is 5.97 Å². The molecular formula is C33H36N2O7. The number of rotatable bonds is 7. The number of cyclic esters (lactones) is 1. The highest BCUT2D eigenvalue weighted by Crippen LogP contribution is 2.58. The number of fused-ring (bicyclic) bond motifs is 2. The van der Waals surface area contributed by atoms with Crippen molar-refractivity contribution in [2.24, 2.45) is 11.8 Å². The van der Waals surface area contributed by atoms with Gasteiger partial charge in [-0.3, -0.25) is 14.4 Å². The highest BCUT2D eigenvalue weighted by Gasteiger charge is 2.76. The van der Waals surface area contributed by atoms with Gasteiger partial charge in [-0.15, -0.1) is 0 Å². The number of hydrogen-bond acceptors (Lipinski definition) is 7. The Morgan fingerprint density at radius 1 is 1.00 bits per heavy atom. The SMILES string of the molecule is CC[C@]12C=CCCOC(=O)[C@H]1[C@H]1C(=O)N([C@@H](CO)Cc3ccccc3)C3C(=O)N(c4ccc(OC)cc4)CC=C[C@@]31O2. The molecule has 6 rings (SSSR count). The van der Waals surface area contributed by atoms with E-state index in [4.69, 9.17) is 14.2 Å². The van der Waals surface area contributed by atoms with Gasteiger partial charge in [-0.05, 0) is 49.1 Å². The molecule has 6 atom stereocenters. The van der Waals surface area contributed by atoms with E-state index in [0.717, 1.165) is 5.56 Å². The summed E-state index contributed by atoms with van der Waals surface area (Å²) in [6, 6.07) is 14.9. The van der Waals surface area contributed by atoms with Crippen LogP contribution < -0.4 is 9.64 Å². The minimum absolute atomic E-state index is 0.208. The van der Waals surface area contributed by atoms with Crippen LogP contribution in [0.15, 0.2) is 78.9 Å². The molecule has 4 aliphatic rings. The number of likely N-dealkylation sites (tertiary alicyclic amines) is 1. The number of esters is 1. The maximum atomic E-state index is 14.7. The van der Waals surface area contributed by atoms with Crippen LogP contribution in [-0.2, 0) is 30.3 Å². The number of methoxy groups -OCH3 is 1. The number of amides is 2. The summed E-state index contributed by atoms with van der Waals surface area (Å²) in [5.41, 5.74) is -1.00. The van der Waals surface area contributed by atoms with Gasteiger partial charge in [0.15, 0.2) is 0 Å². The highest BCUT2D eigenvalue weighted by atomic mass is 16.6. The zero-order valence-electron chi connectivity index (χ0n) is 23.8. The molecule has 9 heteroatoms. The summed E-state index contributed by atoms with van der Waals surface area (Å²) in [5.74, 6) is -2.53. The van der Waals surface area contributed by atoms with Crippen molar-refractivity contribution >= 4 is 23.5 Å². The van der Waals surface area contributed by atoms with E-state index in [-0.39, 0.29) is 25.7 Å². The monoisotopic (exact) mass is 572 g/mol. The Bertz CT molecular complexity index is 1410. The summed E-state index contributed by atoms with van der Waals surface area (Å²) in [7, 11) is 1.58. The molecule has 1 unspecified atom stereocenters. The van der Waals surface area contributed by atoms with Crippen molar-refractivity contribution in [2.45, 2.75) is 49.5 Å². The second-order valence-corrected chi connectivity index (χ2v) is 11.3. The Balaban J connectivity index is 1.50. The average Bonchev–Trinajstić information content (AvgIpc) is 3.36. The molecule has 4 heterocycles. The average molecular weight is 573 g/mol. The van der Waals surface area contributed by atoms with Crippen LogP contribution in [0, 0.1) is 11.8 Å². The maximum absolute atomic E-state index is 14.7. The molecule has 42 heavy (non-hydrogen) atoms. The van der Waals surface area contributed by atoms with Crippen molar-refractivity contribution in [3.63, 3.8) is 0 Å². The van der Waals surface area contributed by atoms with Crippen molar-refractivity contribution in [2.75, 3.05) is 31.8 Å². The van der Waals surface area contributed by atoms with Crippen molar-refractivity contribution < 1.29 is 33.7 Å². The molecule has 220 valence electrons. The van der Waals surface area contributed by atoms with E-state index >= 15 is 0 Å². The van der Waals surface area contributed by atoms with Crippen LogP contribution in [0.3, 0.4) is 0 Å². The second-order valence-electron chi connectivity index (χ2n) is 11.3. The molecule has 0 aliphatic carbocycles. The fraction of sp³-hybridized carbons (Fsp3) is 0.424. The van der Waals surface area contributed by atoms with Crippen LogP contribution in [0.25, 0.3) is 0 Å². The number of ether oxygens (including phenoxy) is 3. The summed E-state index contributed by atoms with van der Waals surface area (Å²) in [6.07, 6.45) is 8.74. The second kappa shape index (κ2) is 11.0. The number of nitrogens with zero attached hydrogens (tertiary/aromatic N) is 2. The molecule has 0 saturated carbocycles. The summed E-state index contributed by atoms with van der Waals surface area (Å²) in [4.78, 5) is 46.1. The van der Waals surface area contributed by atoms with Gasteiger partial charge in [0.25, 0.3) is 5.91 Å². The van der Waals surface area contributed by atoms with E-state index in [0.29, 0.717) is 30.7 Å². The molecule has 2 fully saturated rings. The van der Waals surface area contributed by atoms with Crippen LogP contribution in [-0.4, -0.2) is 77.9 Å². The molecule has 2 amide bonds. The first-order valence-electron chi connectivity index (χ1n) is 14.5. The molecule has 0 radical (unpaired) electrons. The van der Waals surface area contributed by atoms with Gasteiger partial charge in [-0.25, -0.2) is 0 Å². The molecule has 9 nitrogen and oxygen atoms in total. The molecule has 2 aromatic rings. The number of aliphatic hydroxyl groups excluding tert-OH is 1. The lowest BCUT2D eigenvalue weighted by Gasteiger charge is -2.41. The molecule has 0 bridgehead atoms. The van der Waals surface area contributed by atoms with Crippen LogP contribution >= 0.6 is 0 Å². The first-order chi connectivity index (χ1) is 20.4.